The van der Waals surface area contributed by atoms with Crippen LogP contribution >= 0.6 is 11.3 Å². The van der Waals surface area contributed by atoms with Gasteiger partial charge >= 0.3 is 6.09 Å². The van der Waals surface area contributed by atoms with Crippen molar-refractivity contribution in [1.82, 2.24) is 24.5 Å². The number of benzene rings is 1. The smallest absolute Gasteiger partial charge is 0.410 e. The van der Waals surface area contributed by atoms with E-state index in [1.807, 2.05) is 60.8 Å². The highest BCUT2D eigenvalue weighted by atomic mass is 32.1. The fraction of sp³-hybridized carbons (Fsp3) is 0.357. The van der Waals surface area contributed by atoms with Crippen LogP contribution in [-0.2, 0) is 11.2 Å². The number of hydrogen-bond acceptors (Lipinski definition) is 7. The minimum absolute atomic E-state index is 0.271. The molecule has 4 heterocycles. The zero-order chi connectivity index (χ0) is 27.0. The molecule has 0 saturated carbocycles. The molecule has 198 valence electrons. The van der Waals surface area contributed by atoms with E-state index in [9.17, 15) is 9.18 Å². The number of thiazole rings is 1. The van der Waals surface area contributed by atoms with Crippen molar-refractivity contribution in [3.8, 4) is 11.3 Å². The van der Waals surface area contributed by atoms with Gasteiger partial charge in [0.25, 0.3) is 0 Å². The van der Waals surface area contributed by atoms with Gasteiger partial charge in [0.2, 0.25) is 0 Å². The highest BCUT2D eigenvalue weighted by Gasteiger charge is 2.25. The Balaban J connectivity index is 1.43. The Morgan fingerprint density at radius 1 is 1.13 bits per heavy atom. The first-order valence-corrected chi connectivity index (χ1v) is 13.5. The number of rotatable bonds is 5. The van der Waals surface area contributed by atoms with Crippen molar-refractivity contribution in [3.05, 3.63) is 65.1 Å². The van der Waals surface area contributed by atoms with Crippen molar-refractivity contribution in [2.45, 2.75) is 46.1 Å². The van der Waals surface area contributed by atoms with Crippen LogP contribution in [0, 0.1) is 5.82 Å². The number of ether oxygens (including phenoxy) is 1. The van der Waals surface area contributed by atoms with Crippen LogP contribution in [0.2, 0.25) is 0 Å². The minimum atomic E-state index is -0.522. The number of nitrogens with zero attached hydrogens (tertiary/aromatic N) is 6. The molecule has 10 heteroatoms. The molecule has 0 unspecified atom stereocenters. The number of halogens is 1. The lowest BCUT2D eigenvalue weighted by Crippen LogP contribution is -2.39. The molecule has 0 spiro atoms. The molecule has 8 nitrogen and oxygen atoms in total. The number of anilines is 2. The molecular weight excluding hydrogens is 503 g/mol. The summed E-state index contributed by atoms with van der Waals surface area (Å²) in [5.41, 5.74) is 4.74. The number of aryl methyl sites for hydroxylation is 1. The van der Waals surface area contributed by atoms with E-state index in [1.165, 1.54) is 23.5 Å². The van der Waals surface area contributed by atoms with Crippen molar-refractivity contribution in [3.63, 3.8) is 0 Å². The third-order valence-corrected chi connectivity index (χ3v) is 7.20. The van der Waals surface area contributed by atoms with Gasteiger partial charge in [0.1, 0.15) is 11.4 Å². The molecule has 1 aromatic carbocycles. The molecule has 1 aliphatic heterocycles. The van der Waals surface area contributed by atoms with E-state index in [2.05, 4.69) is 6.92 Å². The number of amides is 1. The lowest BCUT2D eigenvalue weighted by atomic mass is 10.0. The Morgan fingerprint density at radius 2 is 1.89 bits per heavy atom. The lowest BCUT2D eigenvalue weighted by molar-refractivity contribution is 0.0270. The second-order valence-corrected chi connectivity index (χ2v) is 11.0. The zero-order valence-corrected chi connectivity index (χ0v) is 23.0. The highest BCUT2D eigenvalue weighted by molar-refractivity contribution is 7.14. The second kappa shape index (κ2) is 10.2. The predicted molar refractivity (Wildman–Crippen MR) is 148 cm³/mol. The van der Waals surface area contributed by atoms with Crippen LogP contribution in [0.25, 0.3) is 22.5 Å². The average Bonchev–Trinajstić information content (AvgIpc) is 3.53. The third kappa shape index (κ3) is 5.26. The van der Waals surface area contributed by atoms with Crippen LogP contribution < -0.4 is 4.90 Å². The number of carbonyl (C=O) groups is 1. The number of aromatic nitrogens is 4. The van der Waals surface area contributed by atoms with Gasteiger partial charge in [-0.1, -0.05) is 13.0 Å². The summed E-state index contributed by atoms with van der Waals surface area (Å²) in [5, 5.41) is 7.72. The van der Waals surface area contributed by atoms with Gasteiger partial charge in [0, 0.05) is 31.1 Å². The summed E-state index contributed by atoms with van der Waals surface area (Å²) in [5.74, 6) is 0.586. The summed E-state index contributed by atoms with van der Waals surface area (Å²) in [7, 11) is 1.96. The largest absolute Gasteiger partial charge is 0.444 e. The van der Waals surface area contributed by atoms with Crippen LogP contribution in [0.5, 0.6) is 0 Å². The molecule has 0 radical (unpaired) electrons. The SMILES string of the molecule is CCc1nc2ccc(C3=CCN(C(=O)OC(C)(C)C)CC3)nn2c1N(C)c1nc(-c2ccc(F)cc2)cs1. The summed E-state index contributed by atoms with van der Waals surface area (Å²) in [6.07, 6.45) is 3.16. The van der Waals surface area contributed by atoms with E-state index in [0.29, 0.717) is 19.5 Å². The third-order valence-electron chi connectivity index (χ3n) is 6.28. The van der Waals surface area contributed by atoms with Gasteiger partial charge in [-0.05, 0) is 75.6 Å². The van der Waals surface area contributed by atoms with E-state index in [0.717, 1.165) is 51.2 Å². The Bertz CT molecular complexity index is 1500. The van der Waals surface area contributed by atoms with Gasteiger partial charge in [0.05, 0.1) is 17.1 Å². The fourth-order valence-corrected chi connectivity index (χ4v) is 5.17. The summed E-state index contributed by atoms with van der Waals surface area (Å²) in [4.78, 5) is 25.8. The Morgan fingerprint density at radius 3 is 2.55 bits per heavy atom. The summed E-state index contributed by atoms with van der Waals surface area (Å²) in [6.45, 7) is 8.73. The second-order valence-electron chi connectivity index (χ2n) is 10.2. The van der Waals surface area contributed by atoms with Crippen LogP contribution in [-0.4, -0.2) is 56.3 Å². The standard InChI is InChI=1S/C28H31FN6O2S/c1-6-21-25(33(5)26-31-23(17-38-26)18-7-9-20(29)10-8-18)35-24(30-21)12-11-22(32-35)19-13-15-34(16-14-19)27(36)37-28(2,3)4/h7-13,17H,6,14-16H2,1-5H3. The number of hydrogen-bond donors (Lipinski definition) is 0. The van der Waals surface area contributed by atoms with Gasteiger partial charge in [-0.3, -0.25) is 0 Å². The molecule has 0 saturated heterocycles. The van der Waals surface area contributed by atoms with E-state index in [4.69, 9.17) is 19.8 Å². The molecule has 0 fully saturated rings. The van der Waals surface area contributed by atoms with Crippen molar-refractivity contribution < 1.29 is 13.9 Å². The summed E-state index contributed by atoms with van der Waals surface area (Å²) >= 11 is 1.51. The molecule has 0 N–H and O–H groups in total. The minimum Gasteiger partial charge on any atom is -0.444 e. The molecule has 0 atom stereocenters. The van der Waals surface area contributed by atoms with E-state index in [-0.39, 0.29) is 11.9 Å². The molecule has 38 heavy (non-hydrogen) atoms. The van der Waals surface area contributed by atoms with Gasteiger partial charge in [-0.15, -0.1) is 11.3 Å². The first-order chi connectivity index (χ1) is 18.1. The summed E-state index contributed by atoms with van der Waals surface area (Å²) in [6, 6.07) is 10.3. The van der Waals surface area contributed by atoms with Crippen LogP contribution in [0.15, 0.2) is 47.9 Å². The summed E-state index contributed by atoms with van der Waals surface area (Å²) < 4.78 is 20.7. The number of carbonyl (C=O) groups excluding carboxylic acids is 1. The average molecular weight is 535 g/mol. The van der Waals surface area contributed by atoms with E-state index < -0.39 is 5.60 Å². The zero-order valence-electron chi connectivity index (χ0n) is 22.2. The van der Waals surface area contributed by atoms with Gasteiger partial charge < -0.3 is 14.5 Å². The van der Waals surface area contributed by atoms with Gasteiger partial charge in [-0.25, -0.2) is 19.2 Å². The predicted octanol–water partition coefficient (Wildman–Crippen LogP) is 6.35. The Hall–Kier alpha value is -3.79. The molecule has 0 bridgehead atoms. The molecule has 1 amide bonds. The quantitative estimate of drug-likeness (QED) is 0.297. The molecule has 1 aliphatic rings. The highest BCUT2D eigenvalue weighted by Crippen LogP contribution is 2.34. The van der Waals surface area contributed by atoms with Crippen LogP contribution in [0.1, 0.15) is 45.5 Å². The molecule has 4 aromatic rings. The van der Waals surface area contributed by atoms with E-state index in [1.54, 1.807) is 17.0 Å². The monoisotopic (exact) mass is 534 g/mol. The Labute approximate surface area is 225 Å². The normalized spacial score (nSPS) is 14.1. The lowest BCUT2D eigenvalue weighted by Gasteiger charge is -2.29. The maximum atomic E-state index is 13.4. The van der Waals surface area contributed by atoms with Gasteiger partial charge in [-0.2, -0.15) is 9.61 Å². The molecule has 0 aliphatic carbocycles. The van der Waals surface area contributed by atoms with E-state index >= 15 is 0 Å². The van der Waals surface area contributed by atoms with Crippen LogP contribution in [0.4, 0.5) is 20.1 Å². The molecule has 5 rings (SSSR count). The van der Waals surface area contributed by atoms with Crippen molar-refractivity contribution in [1.29, 1.82) is 0 Å². The maximum absolute atomic E-state index is 13.4. The molecular formula is C28H31FN6O2S. The maximum Gasteiger partial charge on any atom is 0.410 e. The van der Waals surface area contributed by atoms with Crippen molar-refractivity contribution in [2.75, 3.05) is 25.0 Å². The number of imidazole rings is 1. The number of fused-ring (bicyclic) bond motifs is 1. The van der Waals surface area contributed by atoms with Crippen molar-refractivity contribution in [2.24, 2.45) is 0 Å². The first-order valence-electron chi connectivity index (χ1n) is 12.6. The van der Waals surface area contributed by atoms with Gasteiger partial charge in [0.15, 0.2) is 16.6 Å². The molecule has 3 aromatic heterocycles. The van der Waals surface area contributed by atoms with Crippen LogP contribution in [0.3, 0.4) is 0 Å². The van der Waals surface area contributed by atoms with Crippen molar-refractivity contribution >= 4 is 39.6 Å². The first kappa shape index (κ1) is 25.8. The Kier molecular flexibility index (Phi) is 6.92. The fourth-order valence-electron chi connectivity index (χ4n) is 4.37. The topological polar surface area (TPSA) is 75.9 Å².